The third kappa shape index (κ3) is 4.61. The Kier molecular flexibility index (Phi) is 5.34. The second kappa shape index (κ2) is 7.44. The molecule has 6 nitrogen and oxygen atoms in total. The van der Waals surface area contributed by atoms with Crippen LogP contribution in [0.25, 0.3) is 0 Å². The quantitative estimate of drug-likeness (QED) is 0.763. The van der Waals surface area contributed by atoms with E-state index in [0.29, 0.717) is 19.1 Å². The van der Waals surface area contributed by atoms with E-state index in [1.54, 1.807) is 14.2 Å². The number of methoxy groups -OCH3 is 2. The Balaban J connectivity index is 2.11. The molecule has 1 heterocycles. The SMILES string of the molecule is COCCNc1nc(C)cc(Nc2cccc(OC)c2)n1. The molecule has 0 radical (unpaired) electrons. The molecule has 1 aromatic heterocycles. The molecule has 2 aromatic rings. The van der Waals surface area contributed by atoms with E-state index in [-0.39, 0.29) is 0 Å². The molecule has 0 aliphatic carbocycles. The first-order chi connectivity index (χ1) is 10.2. The molecule has 21 heavy (non-hydrogen) atoms. The van der Waals surface area contributed by atoms with Crippen molar-refractivity contribution < 1.29 is 9.47 Å². The highest BCUT2D eigenvalue weighted by Gasteiger charge is 2.03. The van der Waals surface area contributed by atoms with Crippen molar-refractivity contribution >= 4 is 17.5 Å². The molecule has 112 valence electrons. The van der Waals surface area contributed by atoms with Crippen molar-refractivity contribution in [1.82, 2.24) is 9.97 Å². The first kappa shape index (κ1) is 15.1. The molecule has 0 unspecified atom stereocenters. The minimum atomic E-state index is 0.581. The highest BCUT2D eigenvalue weighted by Crippen LogP contribution is 2.21. The topological polar surface area (TPSA) is 68.3 Å². The molecule has 0 atom stereocenters. The van der Waals surface area contributed by atoms with Crippen molar-refractivity contribution in [2.45, 2.75) is 6.92 Å². The average Bonchev–Trinajstić information content (AvgIpc) is 2.47. The van der Waals surface area contributed by atoms with Crippen LogP contribution in [0.4, 0.5) is 17.5 Å². The number of hydrogen-bond donors (Lipinski definition) is 2. The Morgan fingerprint density at radius 1 is 1.14 bits per heavy atom. The summed E-state index contributed by atoms with van der Waals surface area (Å²) in [7, 11) is 3.31. The van der Waals surface area contributed by atoms with Crippen LogP contribution in [0.15, 0.2) is 30.3 Å². The van der Waals surface area contributed by atoms with Gasteiger partial charge in [0.15, 0.2) is 0 Å². The summed E-state index contributed by atoms with van der Waals surface area (Å²) in [5.74, 6) is 2.11. The van der Waals surface area contributed by atoms with Gasteiger partial charge in [0.2, 0.25) is 5.95 Å². The Hall–Kier alpha value is -2.34. The maximum absolute atomic E-state index is 5.21. The number of nitrogens with zero attached hydrogens (tertiary/aromatic N) is 2. The fourth-order valence-corrected chi connectivity index (χ4v) is 1.83. The lowest BCUT2D eigenvalue weighted by molar-refractivity contribution is 0.210. The van der Waals surface area contributed by atoms with Crippen molar-refractivity contribution in [3.05, 3.63) is 36.0 Å². The van der Waals surface area contributed by atoms with Gasteiger partial charge in [-0.1, -0.05) is 6.07 Å². The number of aryl methyl sites for hydroxylation is 1. The fourth-order valence-electron chi connectivity index (χ4n) is 1.83. The van der Waals surface area contributed by atoms with Crippen LogP contribution in [0.5, 0.6) is 5.75 Å². The summed E-state index contributed by atoms with van der Waals surface area (Å²) in [6.45, 7) is 3.20. The van der Waals surface area contributed by atoms with Gasteiger partial charge >= 0.3 is 0 Å². The molecule has 0 aliphatic rings. The first-order valence-electron chi connectivity index (χ1n) is 6.71. The molecular formula is C15H20N4O2. The van der Waals surface area contributed by atoms with E-state index < -0.39 is 0 Å². The monoisotopic (exact) mass is 288 g/mol. The lowest BCUT2D eigenvalue weighted by atomic mass is 10.3. The van der Waals surface area contributed by atoms with Crippen molar-refractivity contribution in [2.75, 3.05) is 38.0 Å². The average molecular weight is 288 g/mol. The van der Waals surface area contributed by atoms with Crippen LogP contribution < -0.4 is 15.4 Å². The van der Waals surface area contributed by atoms with Gasteiger partial charge in [0.1, 0.15) is 11.6 Å². The second-order valence-corrected chi connectivity index (χ2v) is 4.49. The molecular weight excluding hydrogens is 268 g/mol. The van der Waals surface area contributed by atoms with Crippen LogP contribution in [-0.4, -0.2) is 37.3 Å². The van der Waals surface area contributed by atoms with Gasteiger partial charge in [-0.2, -0.15) is 4.98 Å². The number of hydrogen-bond acceptors (Lipinski definition) is 6. The molecule has 6 heteroatoms. The minimum absolute atomic E-state index is 0.581. The zero-order valence-electron chi connectivity index (χ0n) is 12.5. The maximum Gasteiger partial charge on any atom is 0.224 e. The van der Waals surface area contributed by atoms with Crippen LogP contribution in [0, 0.1) is 6.92 Å². The summed E-state index contributed by atoms with van der Waals surface area (Å²) in [5.41, 5.74) is 1.80. The maximum atomic E-state index is 5.21. The largest absolute Gasteiger partial charge is 0.497 e. The molecule has 0 aliphatic heterocycles. The molecule has 0 bridgehead atoms. The van der Waals surface area contributed by atoms with E-state index in [9.17, 15) is 0 Å². The van der Waals surface area contributed by atoms with Gasteiger partial charge in [-0.25, -0.2) is 4.98 Å². The predicted molar refractivity (Wildman–Crippen MR) is 83.4 cm³/mol. The Morgan fingerprint density at radius 3 is 2.76 bits per heavy atom. The van der Waals surface area contributed by atoms with Crippen molar-refractivity contribution in [3.63, 3.8) is 0 Å². The van der Waals surface area contributed by atoms with Crippen molar-refractivity contribution in [3.8, 4) is 5.75 Å². The van der Waals surface area contributed by atoms with E-state index in [0.717, 1.165) is 22.9 Å². The van der Waals surface area contributed by atoms with Crippen LogP contribution >= 0.6 is 0 Å². The van der Waals surface area contributed by atoms with Gasteiger partial charge in [-0.05, 0) is 19.1 Å². The number of nitrogens with one attached hydrogen (secondary N) is 2. The second-order valence-electron chi connectivity index (χ2n) is 4.49. The molecule has 0 spiro atoms. The zero-order valence-corrected chi connectivity index (χ0v) is 12.5. The number of rotatable bonds is 7. The number of anilines is 3. The van der Waals surface area contributed by atoms with Crippen molar-refractivity contribution in [2.24, 2.45) is 0 Å². The van der Waals surface area contributed by atoms with Crippen LogP contribution in [0.2, 0.25) is 0 Å². The fraction of sp³-hybridized carbons (Fsp3) is 0.333. The van der Waals surface area contributed by atoms with E-state index in [1.807, 2.05) is 37.3 Å². The van der Waals surface area contributed by atoms with Gasteiger partial charge in [0, 0.05) is 37.2 Å². The third-order valence-corrected chi connectivity index (χ3v) is 2.79. The Morgan fingerprint density at radius 2 is 2.00 bits per heavy atom. The van der Waals surface area contributed by atoms with Gasteiger partial charge < -0.3 is 20.1 Å². The van der Waals surface area contributed by atoms with Crippen LogP contribution in [0.3, 0.4) is 0 Å². The normalized spacial score (nSPS) is 10.2. The number of benzene rings is 1. The van der Waals surface area contributed by atoms with E-state index >= 15 is 0 Å². The smallest absolute Gasteiger partial charge is 0.224 e. The van der Waals surface area contributed by atoms with Gasteiger partial charge in [-0.15, -0.1) is 0 Å². The Bertz CT molecular complexity index is 590. The summed E-state index contributed by atoms with van der Waals surface area (Å²) in [5, 5.41) is 6.37. The van der Waals surface area contributed by atoms with E-state index in [4.69, 9.17) is 9.47 Å². The molecule has 1 aromatic carbocycles. The van der Waals surface area contributed by atoms with Gasteiger partial charge in [0.25, 0.3) is 0 Å². The summed E-state index contributed by atoms with van der Waals surface area (Å²) in [4.78, 5) is 8.77. The van der Waals surface area contributed by atoms with E-state index in [2.05, 4.69) is 20.6 Å². The first-order valence-corrected chi connectivity index (χ1v) is 6.71. The number of ether oxygens (including phenoxy) is 2. The lowest BCUT2D eigenvalue weighted by Gasteiger charge is -2.10. The van der Waals surface area contributed by atoms with Gasteiger partial charge in [0.05, 0.1) is 13.7 Å². The standard InChI is InChI=1S/C15H20N4O2/c1-11-9-14(19-15(17-11)16-7-8-20-2)18-12-5-4-6-13(10-12)21-3/h4-6,9-10H,7-8H2,1-3H3,(H2,16,17,18,19). The molecule has 0 saturated carbocycles. The van der Waals surface area contributed by atoms with Crippen LogP contribution in [-0.2, 0) is 4.74 Å². The molecule has 0 fully saturated rings. The van der Waals surface area contributed by atoms with Gasteiger partial charge in [-0.3, -0.25) is 0 Å². The zero-order chi connectivity index (χ0) is 15.1. The van der Waals surface area contributed by atoms with Crippen LogP contribution in [0.1, 0.15) is 5.69 Å². The Labute approximate surface area is 124 Å². The molecule has 2 rings (SSSR count). The summed E-state index contributed by atoms with van der Waals surface area (Å²) < 4.78 is 10.2. The minimum Gasteiger partial charge on any atom is -0.497 e. The summed E-state index contributed by atoms with van der Waals surface area (Å²) >= 11 is 0. The lowest BCUT2D eigenvalue weighted by Crippen LogP contribution is -2.11. The molecule has 0 saturated heterocycles. The third-order valence-electron chi connectivity index (χ3n) is 2.79. The number of aromatic nitrogens is 2. The molecule has 2 N–H and O–H groups in total. The predicted octanol–water partition coefficient (Wildman–Crippen LogP) is 2.60. The highest BCUT2D eigenvalue weighted by molar-refractivity contribution is 5.59. The summed E-state index contributed by atoms with van der Waals surface area (Å²) in [6.07, 6.45) is 0. The molecule has 0 amide bonds. The summed E-state index contributed by atoms with van der Waals surface area (Å²) in [6, 6.07) is 9.58. The van der Waals surface area contributed by atoms with E-state index in [1.165, 1.54) is 0 Å². The highest BCUT2D eigenvalue weighted by atomic mass is 16.5. The van der Waals surface area contributed by atoms with Crippen molar-refractivity contribution in [1.29, 1.82) is 0 Å².